The molecule has 0 aliphatic heterocycles. The lowest BCUT2D eigenvalue weighted by molar-refractivity contribution is 0.280. The number of nitrogens with zero attached hydrogens (tertiary/aromatic N) is 2. The standard InChI is InChI=1S/C12H20N2/c1-4-8-14(5-2)10-12-6-7-13-11(3)9-12/h6-7,9H,4-5,8,10H2,1-3H3. The van der Waals surface area contributed by atoms with Gasteiger partial charge in [0.05, 0.1) is 0 Å². The molecular formula is C12H20N2. The van der Waals surface area contributed by atoms with Crippen molar-refractivity contribution in [1.29, 1.82) is 0 Å². The van der Waals surface area contributed by atoms with Gasteiger partial charge in [0.15, 0.2) is 0 Å². The normalized spacial score (nSPS) is 10.9. The van der Waals surface area contributed by atoms with Crippen molar-refractivity contribution in [2.45, 2.75) is 33.7 Å². The quantitative estimate of drug-likeness (QED) is 0.713. The molecule has 0 atom stereocenters. The van der Waals surface area contributed by atoms with E-state index in [0.29, 0.717) is 0 Å². The summed E-state index contributed by atoms with van der Waals surface area (Å²) in [5.41, 5.74) is 2.47. The molecule has 2 heteroatoms. The Balaban J connectivity index is 2.57. The van der Waals surface area contributed by atoms with E-state index < -0.39 is 0 Å². The third-order valence-corrected chi connectivity index (χ3v) is 2.35. The molecule has 0 unspecified atom stereocenters. The molecule has 1 aromatic rings. The van der Waals surface area contributed by atoms with Crippen LogP contribution in [0.4, 0.5) is 0 Å². The zero-order valence-electron chi connectivity index (χ0n) is 9.45. The second-order valence-electron chi connectivity index (χ2n) is 3.67. The van der Waals surface area contributed by atoms with Gasteiger partial charge in [-0.2, -0.15) is 0 Å². The van der Waals surface area contributed by atoms with Crippen LogP contribution in [0.3, 0.4) is 0 Å². The molecule has 0 spiro atoms. The summed E-state index contributed by atoms with van der Waals surface area (Å²) >= 11 is 0. The van der Waals surface area contributed by atoms with E-state index in [1.807, 2.05) is 13.1 Å². The molecule has 0 aliphatic carbocycles. The van der Waals surface area contributed by atoms with Gasteiger partial charge in [-0.05, 0) is 44.1 Å². The summed E-state index contributed by atoms with van der Waals surface area (Å²) in [4.78, 5) is 6.65. The zero-order valence-corrected chi connectivity index (χ0v) is 9.45. The number of hydrogen-bond acceptors (Lipinski definition) is 2. The fourth-order valence-corrected chi connectivity index (χ4v) is 1.63. The van der Waals surface area contributed by atoms with Crippen LogP contribution < -0.4 is 0 Å². The molecule has 0 N–H and O–H groups in total. The first-order valence-corrected chi connectivity index (χ1v) is 5.40. The van der Waals surface area contributed by atoms with E-state index in [-0.39, 0.29) is 0 Å². The van der Waals surface area contributed by atoms with Crippen molar-refractivity contribution in [1.82, 2.24) is 9.88 Å². The van der Waals surface area contributed by atoms with Crippen LogP contribution in [0.25, 0.3) is 0 Å². The highest BCUT2D eigenvalue weighted by molar-refractivity contribution is 5.15. The Labute approximate surface area is 87.0 Å². The van der Waals surface area contributed by atoms with Gasteiger partial charge < -0.3 is 0 Å². The second kappa shape index (κ2) is 5.76. The minimum Gasteiger partial charge on any atom is -0.299 e. The first-order chi connectivity index (χ1) is 6.76. The smallest absolute Gasteiger partial charge is 0.0375 e. The Morgan fingerprint density at radius 1 is 1.36 bits per heavy atom. The van der Waals surface area contributed by atoms with Gasteiger partial charge in [0.1, 0.15) is 0 Å². The molecule has 0 radical (unpaired) electrons. The molecule has 1 heterocycles. The zero-order chi connectivity index (χ0) is 10.4. The third-order valence-electron chi connectivity index (χ3n) is 2.35. The van der Waals surface area contributed by atoms with E-state index in [2.05, 4.69) is 35.9 Å². The van der Waals surface area contributed by atoms with Gasteiger partial charge in [-0.15, -0.1) is 0 Å². The van der Waals surface area contributed by atoms with Crippen LogP contribution in [0.5, 0.6) is 0 Å². The van der Waals surface area contributed by atoms with Crippen LogP contribution in [0.1, 0.15) is 31.5 Å². The summed E-state index contributed by atoms with van der Waals surface area (Å²) in [5, 5.41) is 0. The Kier molecular flexibility index (Phi) is 4.60. The lowest BCUT2D eigenvalue weighted by Gasteiger charge is -2.19. The molecule has 78 valence electrons. The molecule has 0 amide bonds. The fraction of sp³-hybridized carbons (Fsp3) is 0.583. The molecule has 1 rings (SSSR count). The summed E-state index contributed by atoms with van der Waals surface area (Å²) in [5.74, 6) is 0. The van der Waals surface area contributed by atoms with Crippen molar-refractivity contribution in [2.24, 2.45) is 0 Å². The average Bonchev–Trinajstić information content (AvgIpc) is 2.17. The van der Waals surface area contributed by atoms with E-state index >= 15 is 0 Å². The Hall–Kier alpha value is -0.890. The van der Waals surface area contributed by atoms with Crippen LogP contribution >= 0.6 is 0 Å². The molecule has 0 aromatic carbocycles. The predicted octanol–water partition coefficient (Wildman–Crippen LogP) is 2.62. The maximum atomic E-state index is 4.20. The Bertz CT molecular complexity index is 271. The fourth-order valence-electron chi connectivity index (χ4n) is 1.63. The van der Waals surface area contributed by atoms with Crippen molar-refractivity contribution in [3.63, 3.8) is 0 Å². The summed E-state index contributed by atoms with van der Waals surface area (Å²) in [6.45, 7) is 9.82. The Morgan fingerprint density at radius 2 is 2.14 bits per heavy atom. The van der Waals surface area contributed by atoms with Crippen molar-refractivity contribution < 1.29 is 0 Å². The van der Waals surface area contributed by atoms with Gasteiger partial charge in [0.2, 0.25) is 0 Å². The molecule has 0 aliphatic rings. The van der Waals surface area contributed by atoms with Crippen LogP contribution in [-0.4, -0.2) is 23.0 Å². The van der Waals surface area contributed by atoms with Crippen molar-refractivity contribution >= 4 is 0 Å². The number of hydrogen-bond donors (Lipinski definition) is 0. The van der Waals surface area contributed by atoms with Crippen molar-refractivity contribution in [3.05, 3.63) is 29.6 Å². The topological polar surface area (TPSA) is 16.1 Å². The highest BCUT2D eigenvalue weighted by Crippen LogP contribution is 2.05. The monoisotopic (exact) mass is 192 g/mol. The minimum absolute atomic E-state index is 1.05. The molecule has 14 heavy (non-hydrogen) atoms. The van der Waals surface area contributed by atoms with E-state index in [1.165, 1.54) is 18.5 Å². The maximum absolute atomic E-state index is 4.20. The summed E-state index contributed by atoms with van der Waals surface area (Å²) in [6.07, 6.45) is 3.11. The molecular weight excluding hydrogens is 172 g/mol. The van der Waals surface area contributed by atoms with Gasteiger partial charge in [-0.1, -0.05) is 13.8 Å². The molecule has 0 saturated heterocycles. The van der Waals surface area contributed by atoms with Crippen molar-refractivity contribution in [2.75, 3.05) is 13.1 Å². The van der Waals surface area contributed by atoms with E-state index in [4.69, 9.17) is 0 Å². The molecule has 0 bridgehead atoms. The lowest BCUT2D eigenvalue weighted by atomic mass is 10.2. The van der Waals surface area contributed by atoms with Crippen LogP contribution in [0.15, 0.2) is 18.3 Å². The highest BCUT2D eigenvalue weighted by Gasteiger charge is 2.02. The summed E-state index contributed by atoms with van der Waals surface area (Å²) in [7, 11) is 0. The van der Waals surface area contributed by atoms with E-state index in [0.717, 1.165) is 18.8 Å². The van der Waals surface area contributed by atoms with Gasteiger partial charge in [-0.25, -0.2) is 0 Å². The lowest BCUT2D eigenvalue weighted by Crippen LogP contribution is -2.23. The van der Waals surface area contributed by atoms with Gasteiger partial charge in [-0.3, -0.25) is 9.88 Å². The van der Waals surface area contributed by atoms with Gasteiger partial charge in [0, 0.05) is 18.4 Å². The molecule has 0 fully saturated rings. The number of pyridine rings is 1. The number of aromatic nitrogens is 1. The first-order valence-electron chi connectivity index (χ1n) is 5.40. The minimum atomic E-state index is 1.05. The summed E-state index contributed by atoms with van der Waals surface area (Å²) < 4.78 is 0. The predicted molar refractivity (Wildman–Crippen MR) is 60.2 cm³/mol. The average molecular weight is 192 g/mol. The van der Waals surface area contributed by atoms with Crippen LogP contribution in [0, 0.1) is 6.92 Å². The molecule has 1 aromatic heterocycles. The largest absolute Gasteiger partial charge is 0.299 e. The van der Waals surface area contributed by atoms with Crippen LogP contribution in [0.2, 0.25) is 0 Å². The van der Waals surface area contributed by atoms with E-state index in [9.17, 15) is 0 Å². The SMILES string of the molecule is CCCN(CC)Cc1ccnc(C)c1. The molecule has 0 saturated carbocycles. The van der Waals surface area contributed by atoms with E-state index in [1.54, 1.807) is 0 Å². The number of rotatable bonds is 5. The first kappa shape index (κ1) is 11.2. The van der Waals surface area contributed by atoms with Gasteiger partial charge >= 0.3 is 0 Å². The third kappa shape index (κ3) is 3.46. The molecule has 2 nitrogen and oxygen atoms in total. The van der Waals surface area contributed by atoms with Crippen LogP contribution in [-0.2, 0) is 6.54 Å². The Morgan fingerprint density at radius 3 is 2.71 bits per heavy atom. The van der Waals surface area contributed by atoms with Gasteiger partial charge in [0.25, 0.3) is 0 Å². The summed E-state index contributed by atoms with van der Waals surface area (Å²) in [6, 6.07) is 4.27. The second-order valence-corrected chi connectivity index (χ2v) is 3.67. The maximum Gasteiger partial charge on any atom is 0.0375 e. The number of aryl methyl sites for hydroxylation is 1. The highest BCUT2D eigenvalue weighted by atomic mass is 15.1. The van der Waals surface area contributed by atoms with Crippen molar-refractivity contribution in [3.8, 4) is 0 Å².